The smallest absolute Gasteiger partial charge is 0.227 e. The number of nitrogen functional groups attached to an aromatic ring is 1. The van der Waals surface area contributed by atoms with Gasteiger partial charge in [0.1, 0.15) is 17.3 Å². The Morgan fingerprint density at radius 3 is 2.61 bits per heavy atom. The number of nitrogens with zero attached hydrogens (tertiary/aromatic N) is 7. The molecule has 31 heavy (non-hydrogen) atoms. The molecule has 4 heterocycles. The molecule has 0 bridgehead atoms. The number of fused-ring (bicyclic) bond motifs is 1. The fraction of sp³-hybridized carbons (Fsp3) is 0.381. The summed E-state index contributed by atoms with van der Waals surface area (Å²) in [5, 5.41) is 8.40. The SMILES string of the molecule is COc1cc(N2C[C@H]3CCN(c4nc(C)cc(N)n4)C[C@H]32)c(C=O)c(-n2nccn2)c1. The molecule has 0 aliphatic carbocycles. The number of ether oxygens (including phenoxy) is 1. The van der Waals surface area contributed by atoms with Gasteiger partial charge in [-0.05, 0) is 13.3 Å². The highest BCUT2D eigenvalue weighted by Gasteiger charge is 2.44. The third-order valence-electron chi connectivity index (χ3n) is 6.11. The van der Waals surface area contributed by atoms with Crippen molar-refractivity contribution in [3.8, 4) is 11.4 Å². The van der Waals surface area contributed by atoms with Crippen LogP contribution in [0.2, 0.25) is 0 Å². The van der Waals surface area contributed by atoms with Gasteiger partial charge in [0, 0.05) is 49.4 Å². The van der Waals surface area contributed by atoms with Gasteiger partial charge in [-0.2, -0.15) is 20.0 Å². The van der Waals surface area contributed by atoms with E-state index in [2.05, 4.69) is 30.0 Å². The van der Waals surface area contributed by atoms with Crippen molar-refractivity contribution in [2.24, 2.45) is 5.92 Å². The first-order chi connectivity index (χ1) is 15.1. The van der Waals surface area contributed by atoms with Crippen LogP contribution >= 0.6 is 0 Å². The van der Waals surface area contributed by atoms with Crippen molar-refractivity contribution in [2.75, 3.05) is 42.3 Å². The lowest BCUT2D eigenvalue weighted by atomic mass is 9.81. The highest BCUT2D eigenvalue weighted by molar-refractivity contribution is 5.91. The van der Waals surface area contributed by atoms with Crippen molar-refractivity contribution in [1.82, 2.24) is 25.0 Å². The first-order valence-corrected chi connectivity index (χ1v) is 10.2. The Hall–Kier alpha value is -3.69. The Kier molecular flexibility index (Phi) is 4.68. The molecule has 0 radical (unpaired) electrons. The van der Waals surface area contributed by atoms with Crippen LogP contribution in [0.4, 0.5) is 17.5 Å². The zero-order chi connectivity index (χ0) is 21.5. The van der Waals surface area contributed by atoms with E-state index >= 15 is 0 Å². The molecule has 3 aromatic rings. The van der Waals surface area contributed by atoms with Crippen molar-refractivity contribution in [2.45, 2.75) is 19.4 Å². The Morgan fingerprint density at radius 1 is 1.13 bits per heavy atom. The second-order valence-electron chi connectivity index (χ2n) is 7.96. The van der Waals surface area contributed by atoms with Gasteiger partial charge >= 0.3 is 0 Å². The molecular weight excluding hydrogens is 396 g/mol. The standard InChI is InChI=1S/C21H24N8O2/c1-13-7-20(22)26-21(25-13)27-6-3-14-10-28(19(14)11-27)17-8-15(31-2)9-18(16(17)12-30)29-23-4-5-24-29/h4-5,7-9,12,14,19H,3,6,10-11H2,1-2H3,(H2,22,25,26)/t14-,19-/m1/s1. The molecule has 2 fully saturated rings. The zero-order valence-corrected chi connectivity index (χ0v) is 17.5. The average molecular weight is 420 g/mol. The van der Waals surface area contributed by atoms with E-state index in [1.165, 1.54) is 4.80 Å². The van der Waals surface area contributed by atoms with E-state index in [0.717, 1.165) is 43.7 Å². The minimum Gasteiger partial charge on any atom is -0.497 e. The molecule has 2 aliphatic heterocycles. The van der Waals surface area contributed by atoms with Crippen LogP contribution < -0.4 is 20.3 Å². The lowest BCUT2D eigenvalue weighted by molar-refractivity contribution is 0.112. The maximum absolute atomic E-state index is 12.1. The molecule has 10 nitrogen and oxygen atoms in total. The van der Waals surface area contributed by atoms with Gasteiger partial charge in [0.05, 0.1) is 36.8 Å². The number of rotatable bonds is 5. The summed E-state index contributed by atoms with van der Waals surface area (Å²) in [5.41, 5.74) is 8.76. The van der Waals surface area contributed by atoms with Gasteiger partial charge in [-0.25, -0.2) is 4.98 Å². The summed E-state index contributed by atoms with van der Waals surface area (Å²) in [5.74, 6) is 2.34. The molecule has 2 saturated heterocycles. The van der Waals surface area contributed by atoms with Crippen LogP contribution in [-0.4, -0.2) is 64.0 Å². The number of carbonyl (C=O) groups is 1. The van der Waals surface area contributed by atoms with Gasteiger partial charge in [0.15, 0.2) is 6.29 Å². The second-order valence-corrected chi connectivity index (χ2v) is 7.96. The predicted molar refractivity (Wildman–Crippen MR) is 116 cm³/mol. The number of anilines is 3. The third kappa shape index (κ3) is 3.33. The van der Waals surface area contributed by atoms with Gasteiger partial charge in [-0.1, -0.05) is 0 Å². The Bertz CT molecular complexity index is 1100. The van der Waals surface area contributed by atoms with Crippen molar-refractivity contribution >= 4 is 23.7 Å². The van der Waals surface area contributed by atoms with Crippen LogP contribution in [0.5, 0.6) is 5.75 Å². The second kappa shape index (κ2) is 7.53. The number of methoxy groups -OCH3 is 1. The van der Waals surface area contributed by atoms with Crippen LogP contribution in [0.15, 0.2) is 30.6 Å². The number of hydrogen-bond acceptors (Lipinski definition) is 9. The van der Waals surface area contributed by atoms with Crippen LogP contribution in [0.1, 0.15) is 22.5 Å². The summed E-state index contributed by atoms with van der Waals surface area (Å²) in [6.07, 6.45) is 5.07. The van der Waals surface area contributed by atoms with Crippen molar-refractivity contribution in [1.29, 1.82) is 0 Å². The molecule has 2 aromatic heterocycles. The summed E-state index contributed by atoms with van der Waals surface area (Å²) in [4.78, 5) is 27.0. The lowest BCUT2D eigenvalue weighted by Crippen LogP contribution is -2.65. The largest absolute Gasteiger partial charge is 0.497 e. The number of hydrogen-bond donors (Lipinski definition) is 1. The van der Waals surface area contributed by atoms with Crippen molar-refractivity contribution in [3.63, 3.8) is 0 Å². The number of aldehydes is 1. The molecule has 2 aliphatic rings. The zero-order valence-electron chi connectivity index (χ0n) is 17.5. The van der Waals surface area contributed by atoms with E-state index in [1.54, 1.807) is 31.6 Å². The maximum atomic E-state index is 12.1. The Labute approximate surface area is 179 Å². The molecule has 0 saturated carbocycles. The Morgan fingerprint density at radius 2 is 1.90 bits per heavy atom. The van der Waals surface area contributed by atoms with Crippen LogP contribution in [0, 0.1) is 12.8 Å². The number of aryl methyl sites for hydroxylation is 1. The molecule has 160 valence electrons. The minimum atomic E-state index is 0.239. The molecular formula is C21H24N8O2. The highest BCUT2D eigenvalue weighted by Crippen LogP contribution is 2.41. The van der Waals surface area contributed by atoms with Gasteiger partial charge in [-0.3, -0.25) is 4.79 Å². The van der Waals surface area contributed by atoms with Gasteiger partial charge in [0.25, 0.3) is 0 Å². The van der Waals surface area contributed by atoms with E-state index in [1.807, 2.05) is 13.0 Å². The lowest BCUT2D eigenvalue weighted by Gasteiger charge is -2.55. The topological polar surface area (TPSA) is 115 Å². The third-order valence-corrected chi connectivity index (χ3v) is 6.11. The summed E-state index contributed by atoms with van der Waals surface area (Å²) < 4.78 is 5.51. The van der Waals surface area contributed by atoms with Crippen molar-refractivity contribution in [3.05, 3.63) is 41.9 Å². The first kappa shape index (κ1) is 19.3. The first-order valence-electron chi connectivity index (χ1n) is 10.2. The molecule has 0 spiro atoms. The van der Waals surface area contributed by atoms with Crippen LogP contribution in [0.25, 0.3) is 5.69 Å². The quantitative estimate of drug-likeness (QED) is 0.613. The van der Waals surface area contributed by atoms with Gasteiger partial charge < -0.3 is 20.3 Å². The number of nitrogens with two attached hydrogens (primary N) is 1. The normalized spacial score (nSPS) is 20.2. The highest BCUT2D eigenvalue weighted by atomic mass is 16.5. The number of benzene rings is 1. The van der Waals surface area contributed by atoms with E-state index in [9.17, 15) is 4.79 Å². The minimum absolute atomic E-state index is 0.239. The van der Waals surface area contributed by atoms with Crippen molar-refractivity contribution < 1.29 is 9.53 Å². The fourth-order valence-corrected chi connectivity index (χ4v) is 4.55. The number of carbonyl (C=O) groups excluding carboxylic acids is 1. The average Bonchev–Trinajstić information content (AvgIpc) is 3.28. The van der Waals surface area contributed by atoms with Gasteiger partial charge in [-0.15, -0.1) is 0 Å². The summed E-state index contributed by atoms with van der Waals surface area (Å²) in [6.45, 7) is 4.45. The Balaban J connectivity index is 1.48. The van der Waals surface area contributed by atoms with Crippen LogP contribution in [0.3, 0.4) is 0 Å². The van der Waals surface area contributed by atoms with E-state index in [-0.39, 0.29) is 6.04 Å². The molecule has 2 atom stereocenters. The molecule has 5 rings (SSSR count). The molecule has 0 amide bonds. The van der Waals surface area contributed by atoms with E-state index in [4.69, 9.17) is 10.5 Å². The summed E-state index contributed by atoms with van der Waals surface area (Å²) in [6, 6.07) is 5.69. The molecule has 1 aromatic carbocycles. The summed E-state index contributed by atoms with van der Waals surface area (Å²) in [7, 11) is 1.61. The van der Waals surface area contributed by atoms with Gasteiger partial charge in [0.2, 0.25) is 5.95 Å². The number of aromatic nitrogens is 5. The molecule has 0 unspecified atom stereocenters. The maximum Gasteiger partial charge on any atom is 0.227 e. The van der Waals surface area contributed by atoms with Crippen LogP contribution in [-0.2, 0) is 0 Å². The van der Waals surface area contributed by atoms with E-state index in [0.29, 0.717) is 34.7 Å². The number of piperidine rings is 1. The molecule has 10 heteroatoms. The molecule has 2 N–H and O–H groups in total. The van der Waals surface area contributed by atoms with E-state index < -0.39 is 0 Å². The summed E-state index contributed by atoms with van der Waals surface area (Å²) >= 11 is 0. The fourth-order valence-electron chi connectivity index (χ4n) is 4.55. The monoisotopic (exact) mass is 420 g/mol. The predicted octanol–water partition coefficient (Wildman–Crippen LogP) is 1.48.